The first kappa shape index (κ1) is 17.7. The zero-order chi connectivity index (χ0) is 16.2. The summed E-state index contributed by atoms with van der Waals surface area (Å²) in [6, 6.07) is 0.456. The van der Waals surface area contributed by atoms with Crippen LogP contribution in [0.2, 0.25) is 0 Å². The van der Waals surface area contributed by atoms with E-state index in [1.165, 1.54) is 11.3 Å². The summed E-state index contributed by atoms with van der Waals surface area (Å²) in [5.74, 6) is 0.116. The molecule has 21 heavy (non-hydrogen) atoms. The fourth-order valence-corrected chi connectivity index (χ4v) is 2.56. The number of anilines is 2. The van der Waals surface area contributed by atoms with Crippen LogP contribution in [0, 0.1) is 0 Å². The lowest BCUT2D eigenvalue weighted by molar-refractivity contribution is 0.0952. The molecule has 0 fully saturated rings. The Morgan fingerprint density at radius 2 is 2.05 bits per heavy atom. The Bertz CT molecular complexity index is 478. The molecule has 0 unspecified atom stereocenters. The van der Waals surface area contributed by atoms with E-state index in [1.54, 1.807) is 0 Å². The van der Waals surface area contributed by atoms with Crippen molar-refractivity contribution >= 4 is 28.2 Å². The summed E-state index contributed by atoms with van der Waals surface area (Å²) in [6.07, 6.45) is 0. The first-order chi connectivity index (χ1) is 9.60. The highest BCUT2D eigenvalue weighted by molar-refractivity contribution is 7.18. The summed E-state index contributed by atoms with van der Waals surface area (Å²) in [5.41, 5.74) is 5.72. The highest BCUT2D eigenvalue weighted by Crippen LogP contribution is 2.26. The minimum Gasteiger partial charge on any atom is -0.382 e. The van der Waals surface area contributed by atoms with Crippen molar-refractivity contribution in [2.45, 2.75) is 46.2 Å². The lowest BCUT2D eigenvalue weighted by atomic mass is 10.1. The molecule has 1 aromatic heterocycles. The lowest BCUT2D eigenvalue weighted by Gasteiger charge is -2.20. The van der Waals surface area contributed by atoms with Gasteiger partial charge in [0.2, 0.25) is 0 Å². The molecule has 4 N–H and O–H groups in total. The number of aromatic nitrogens is 1. The van der Waals surface area contributed by atoms with Crippen molar-refractivity contribution in [1.82, 2.24) is 15.2 Å². The first-order valence-electron chi connectivity index (χ1n) is 7.13. The van der Waals surface area contributed by atoms with E-state index in [2.05, 4.69) is 34.4 Å². The fraction of sp³-hybridized carbons (Fsp3) is 0.714. The molecule has 0 aromatic carbocycles. The number of amides is 1. The Morgan fingerprint density at radius 3 is 2.57 bits per heavy atom. The molecule has 1 heterocycles. The number of nitrogens with zero attached hydrogens (tertiary/aromatic N) is 2. The van der Waals surface area contributed by atoms with Crippen LogP contribution in [0.5, 0.6) is 0 Å². The summed E-state index contributed by atoms with van der Waals surface area (Å²) in [4.78, 5) is 19.0. The quantitative estimate of drug-likeness (QED) is 0.748. The van der Waals surface area contributed by atoms with Crippen LogP contribution in [0.4, 0.5) is 10.9 Å². The highest BCUT2D eigenvalue weighted by atomic mass is 32.1. The Labute approximate surface area is 131 Å². The van der Waals surface area contributed by atoms with Crippen LogP contribution in [0.3, 0.4) is 0 Å². The second kappa shape index (κ2) is 7.09. The van der Waals surface area contributed by atoms with Crippen LogP contribution in [0.15, 0.2) is 0 Å². The molecule has 6 nitrogen and oxygen atoms in total. The summed E-state index contributed by atoms with van der Waals surface area (Å²) < 4.78 is 0. The second-order valence-corrected chi connectivity index (χ2v) is 7.44. The highest BCUT2D eigenvalue weighted by Gasteiger charge is 2.19. The van der Waals surface area contributed by atoms with Crippen LogP contribution in [-0.2, 0) is 0 Å². The summed E-state index contributed by atoms with van der Waals surface area (Å²) in [7, 11) is 2.03. The molecular weight excluding hydrogens is 286 g/mol. The largest absolute Gasteiger partial charge is 0.382 e. The number of rotatable bonds is 6. The number of thiazole rings is 1. The topological polar surface area (TPSA) is 83.3 Å². The van der Waals surface area contributed by atoms with Gasteiger partial charge in [-0.3, -0.25) is 4.79 Å². The third kappa shape index (κ3) is 5.89. The third-order valence-electron chi connectivity index (χ3n) is 2.97. The number of nitrogen functional groups attached to an aromatic ring is 1. The van der Waals surface area contributed by atoms with Crippen molar-refractivity contribution in [1.29, 1.82) is 0 Å². The minimum atomic E-state index is -0.163. The lowest BCUT2D eigenvalue weighted by Crippen LogP contribution is -2.36. The molecule has 1 amide bonds. The zero-order valence-corrected chi connectivity index (χ0v) is 14.6. The van der Waals surface area contributed by atoms with Crippen molar-refractivity contribution in [2.24, 2.45) is 0 Å². The molecule has 0 radical (unpaired) electrons. The molecule has 7 heteroatoms. The molecule has 120 valence electrons. The summed E-state index contributed by atoms with van der Waals surface area (Å²) in [5, 5.41) is 6.78. The minimum absolute atomic E-state index is 0.113. The van der Waals surface area contributed by atoms with Crippen LogP contribution in [0.1, 0.15) is 44.3 Å². The van der Waals surface area contributed by atoms with E-state index in [0.29, 0.717) is 22.6 Å². The monoisotopic (exact) mass is 313 g/mol. The van der Waals surface area contributed by atoms with Crippen molar-refractivity contribution in [3.8, 4) is 0 Å². The van der Waals surface area contributed by atoms with Gasteiger partial charge in [-0.25, -0.2) is 4.98 Å². The number of nitrogens with one attached hydrogen (secondary N) is 2. The van der Waals surface area contributed by atoms with E-state index >= 15 is 0 Å². The van der Waals surface area contributed by atoms with Crippen molar-refractivity contribution < 1.29 is 4.79 Å². The van der Waals surface area contributed by atoms with Crippen LogP contribution in [-0.4, -0.2) is 47.5 Å². The number of carbonyl (C=O) groups excluding carboxylic acids is 1. The average Bonchev–Trinajstić information content (AvgIpc) is 2.67. The van der Waals surface area contributed by atoms with Gasteiger partial charge in [-0.05, 0) is 41.7 Å². The molecule has 0 saturated carbocycles. The van der Waals surface area contributed by atoms with Gasteiger partial charge in [0.25, 0.3) is 5.91 Å². The standard InChI is InChI=1S/C14H27N5OS/c1-9(2)19(6)8-7-16-12(20)10-11(15)17-13(21-10)18-14(3,4)5/h9H,7-8,15H2,1-6H3,(H,16,20)(H,17,18). The van der Waals surface area contributed by atoms with E-state index in [4.69, 9.17) is 5.73 Å². The molecule has 0 saturated heterocycles. The number of nitrogens with two attached hydrogens (primary N) is 1. The van der Waals surface area contributed by atoms with Gasteiger partial charge in [-0.1, -0.05) is 11.3 Å². The number of likely N-dealkylation sites (N-methyl/N-ethyl adjacent to an activating group) is 1. The Hall–Kier alpha value is -1.34. The maximum atomic E-state index is 12.1. The number of hydrogen-bond acceptors (Lipinski definition) is 6. The van der Waals surface area contributed by atoms with E-state index in [1.807, 2.05) is 27.8 Å². The molecule has 0 aliphatic carbocycles. The van der Waals surface area contributed by atoms with Crippen molar-refractivity contribution in [3.05, 3.63) is 4.88 Å². The molecule has 0 bridgehead atoms. The van der Waals surface area contributed by atoms with Gasteiger partial charge in [0.05, 0.1) is 0 Å². The number of hydrogen-bond donors (Lipinski definition) is 3. The van der Waals surface area contributed by atoms with Gasteiger partial charge < -0.3 is 21.3 Å². The third-order valence-corrected chi connectivity index (χ3v) is 3.96. The molecule has 0 aliphatic rings. The zero-order valence-electron chi connectivity index (χ0n) is 13.8. The molecule has 0 spiro atoms. The van der Waals surface area contributed by atoms with Crippen molar-refractivity contribution in [3.63, 3.8) is 0 Å². The fourth-order valence-electron chi connectivity index (χ4n) is 1.55. The molecule has 1 aromatic rings. The first-order valence-corrected chi connectivity index (χ1v) is 7.94. The maximum absolute atomic E-state index is 12.1. The van der Waals surface area contributed by atoms with E-state index in [-0.39, 0.29) is 17.3 Å². The predicted octanol–water partition coefficient (Wildman–Crippen LogP) is 2.01. The molecular formula is C14H27N5OS. The Kier molecular flexibility index (Phi) is 5.98. The van der Waals surface area contributed by atoms with E-state index < -0.39 is 0 Å². The molecule has 1 rings (SSSR count). The van der Waals surface area contributed by atoms with E-state index in [9.17, 15) is 4.79 Å². The maximum Gasteiger partial charge on any atom is 0.265 e. The van der Waals surface area contributed by atoms with Crippen molar-refractivity contribution in [2.75, 3.05) is 31.2 Å². The van der Waals surface area contributed by atoms with Crippen LogP contribution >= 0.6 is 11.3 Å². The van der Waals surface area contributed by atoms with Crippen LogP contribution < -0.4 is 16.4 Å². The molecule has 0 aliphatic heterocycles. The normalized spacial score (nSPS) is 12.0. The Morgan fingerprint density at radius 1 is 1.43 bits per heavy atom. The van der Waals surface area contributed by atoms with Gasteiger partial charge in [-0.15, -0.1) is 0 Å². The average molecular weight is 313 g/mol. The predicted molar refractivity (Wildman–Crippen MR) is 90.0 cm³/mol. The summed E-state index contributed by atoms with van der Waals surface area (Å²) in [6.45, 7) is 11.7. The van der Waals surface area contributed by atoms with Gasteiger partial charge >= 0.3 is 0 Å². The smallest absolute Gasteiger partial charge is 0.265 e. The van der Waals surface area contributed by atoms with Gasteiger partial charge in [-0.2, -0.15) is 0 Å². The summed E-state index contributed by atoms with van der Waals surface area (Å²) >= 11 is 1.29. The SMILES string of the molecule is CC(C)N(C)CCNC(=O)c1sc(NC(C)(C)C)nc1N. The van der Waals surface area contributed by atoms with E-state index in [0.717, 1.165) is 6.54 Å². The molecule has 0 atom stereocenters. The van der Waals surface area contributed by atoms with Gasteiger partial charge in [0.15, 0.2) is 5.13 Å². The van der Waals surface area contributed by atoms with Gasteiger partial charge in [0, 0.05) is 24.7 Å². The van der Waals surface area contributed by atoms with Crippen LogP contribution in [0.25, 0.3) is 0 Å². The second-order valence-electron chi connectivity index (χ2n) is 6.44. The Balaban J connectivity index is 2.58. The van der Waals surface area contributed by atoms with Gasteiger partial charge in [0.1, 0.15) is 10.7 Å². The number of carbonyl (C=O) groups is 1.